The second-order valence-electron chi connectivity index (χ2n) is 3.17. The molecule has 0 atom stereocenters. The number of nitrogens with one attached hydrogen (secondary N) is 1. The lowest BCUT2D eigenvalue weighted by molar-refractivity contribution is 0.619. The van der Waals surface area contributed by atoms with Gasteiger partial charge in [-0.2, -0.15) is 5.10 Å². The van der Waals surface area contributed by atoms with Gasteiger partial charge in [0.1, 0.15) is 11.6 Å². The fourth-order valence-corrected chi connectivity index (χ4v) is 1.25. The van der Waals surface area contributed by atoms with Gasteiger partial charge in [-0.25, -0.2) is 4.39 Å². The average Bonchev–Trinajstić information content (AvgIpc) is 2.57. The highest BCUT2D eigenvalue weighted by molar-refractivity contribution is 5.62. The molecular formula is C10H10FN3. The van der Waals surface area contributed by atoms with Crippen molar-refractivity contribution in [3.63, 3.8) is 0 Å². The molecule has 0 saturated carbocycles. The van der Waals surface area contributed by atoms with Crippen molar-refractivity contribution < 1.29 is 4.39 Å². The molecule has 1 aromatic heterocycles. The first kappa shape index (κ1) is 8.74. The third kappa shape index (κ3) is 1.46. The van der Waals surface area contributed by atoms with Crippen LogP contribution in [0.15, 0.2) is 24.3 Å². The number of aryl methyl sites for hydroxylation is 1. The minimum Gasteiger partial charge on any atom is -0.382 e. The molecule has 4 heteroatoms. The Balaban J connectivity index is 2.47. The number of nitrogen functional groups attached to an aromatic ring is 1. The van der Waals surface area contributed by atoms with Crippen molar-refractivity contribution in [1.82, 2.24) is 10.2 Å². The Morgan fingerprint density at radius 1 is 1.36 bits per heavy atom. The Morgan fingerprint density at radius 2 is 2.14 bits per heavy atom. The molecule has 0 radical (unpaired) electrons. The molecule has 2 aromatic rings. The maximum absolute atomic E-state index is 13.2. The summed E-state index contributed by atoms with van der Waals surface area (Å²) in [6, 6.07) is 6.68. The first-order valence-corrected chi connectivity index (χ1v) is 4.24. The number of nitrogens with zero attached hydrogens (tertiary/aromatic N) is 1. The molecule has 0 aliphatic heterocycles. The molecule has 0 saturated heterocycles. The minimum absolute atomic E-state index is 0.226. The van der Waals surface area contributed by atoms with Gasteiger partial charge >= 0.3 is 0 Å². The zero-order valence-electron chi connectivity index (χ0n) is 7.71. The Kier molecular flexibility index (Phi) is 1.96. The van der Waals surface area contributed by atoms with E-state index >= 15 is 0 Å². The van der Waals surface area contributed by atoms with Gasteiger partial charge < -0.3 is 5.73 Å². The highest BCUT2D eigenvalue weighted by Crippen LogP contribution is 2.20. The number of anilines is 1. The van der Waals surface area contributed by atoms with Crippen LogP contribution in [0.4, 0.5) is 10.2 Å². The average molecular weight is 191 g/mol. The molecule has 1 heterocycles. The molecule has 3 N–H and O–H groups in total. The normalized spacial score (nSPS) is 10.4. The number of aromatic amines is 1. The maximum Gasteiger partial charge on any atom is 0.145 e. The van der Waals surface area contributed by atoms with Crippen molar-refractivity contribution in [2.24, 2.45) is 0 Å². The lowest BCUT2D eigenvalue weighted by Gasteiger charge is -1.99. The number of halogens is 1. The highest BCUT2D eigenvalue weighted by atomic mass is 19.1. The molecular weight excluding hydrogens is 181 g/mol. The summed E-state index contributed by atoms with van der Waals surface area (Å²) in [5.41, 5.74) is 7.54. The number of hydrogen-bond acceptors (Lipinski definition) is 2. The molecule has 0 aliphatic rings. The fraction of sp³-hybridized carbons (Fsp3) is 0.100. The van der Waals surface area contributed by atoms with E-state index in [-0.39, 0.29) is 5.82 Å². The number of H-pyrrole nitrogens is 1. The Hall–Kier alpha value is -1.84. The smallest absolute Gasteiger partial charge is 0.145 e. The number of benzene rings is 1. The summed E-state index contributed by atoms with van der Waals surface area (Å²) in [6.45, 7) is 1.72. The standard InChI is InChI=1S/C10H10FN3/c1-6-2-3-7(4-8(6)11)9-5-10(12)14-13-9/h2-5H,1H3,(H3,12,13,14). The van der Waals surface area contributed by atoms with Crippen LogP contribution in [0.1, 0.15) is 5.56 Å². The van der Waals surface area contributed by atoms with Crippen LogP contribution in [0.2, 0.25) is 0 Å². The van der Waals surface area contributed by atoms with Gasteiger partial charge in [0.05, 0.1) is 5.69 Å². The largest absolute Gasteiger partial charge is 0.382 e. The van der Waals surface area contributed by atoms with E-state index in [0.29, 0.717) is 11.4 Å². The van der Waals surface area contributed by atoms with Crippen molar-refractivity contribution in [2.45, 2.75) is 6.92 Å². The summed E-state index contributed by atoms with van der Waals surface area (Å²) in [6.07, 6.45) is 0. The monoisotopic (exact) mass is 191 g/mol. The SMILES string of the molecule is Cc1ccc(-c2cc(N)n[nH]2)cc1F. The van der Waals surface area contributed by atoms with Gasteiger partial charge in [0.15, 0.2) is 0 Å². The molecule has 3 nitrogen and oxygen atoms in total. The van der Waals surface area contributed by atoms with E-state index in [2.05, 4.69) is 10.2 Å². The zero-order chi connectivity index (χ0) is 10.1. The van der Waals surface area contributed by atoms with E-state index in [9.17, 15) is 4.39 Å². The van der Waals surface area contributed by atoms with Crippen molar-refractivity contribution >= 4 is 5.82 Å². The van der Waals surface area contributed by atoms with Gasteiger partial charge in [0.25, 0.3) is 0 Å². The Morgan fingerprint density at radius 3 is 2.71 bits per heavy atom. The van der Waals surface area contributed by atoms with Crippen molar-refractivity contribution in [2.75, 3.05) is 5.73 Å². The molecule has 1 aromatic carbocycles. The minimum atomic E-state index is -0.226. The molecule has 72 valence electrons. The van der Waals surface area contributed by atoms with Crippen LogP contribution in [0.5, 0.6) is 0 Å². The molecule has 0 amide bonds. The van der Waals surface area contributed by atoms with Gasteiger partial charge in [-0.05, 0) is 18.6 Å². The van der Waals surface area contributed by atoms with E-state index in [1.54, 1.807) is 19.1 Å². The number of aromatic nitrogens is 2. The van der Waals surface area contributed by atoms with Crippen molar-refractivity contribution in [3.8, 4) is 11.3 Å². The first-order chi connectivity index (χ1) is 6.66. The van der Waals surface area contributed by atoms with Crippen molar-refractivity contribution in [3.05, 3.63) is 35.6 Å². The summed E-state index contributed by atoms with van der Waals surface area (Å²) in [7, 11) is 0. The molecule has 14 heavy (non-hydrogen) atoms. The van der Waals surface area contributed by atoms with Crippen LogP contribution >= 0.6 is 0 Å². The summed E-state index contributed by atoms with van der Waals surface area (Å²) in [4.78, 5) is 0. The lowest BCUT2D eigenvalue weighted by Crippen LogP contribution is -1.84. The number of nitrogens with two attached hydrogens (primary N) is 1. The Bertz CT molecular complexity index is 462. The summed E-state index contributed by atoms with van der Waals surface area (Å²) in [5, 5.41) is 6.50. The van der Waals surface area contributed by atoms with Gasteiger partial charge in [0.2, 0.25) is 0 Å². The van der Waals surface area contributed by atoms with Gasteiger partial charge in [0, 0.05) is 11.6 Å². The van der Waals surface area contributed by atoms with E-state index < -0.39 is 0 Å². The molecule has 2 rings (SSSR count). The van der Waals surface area contributed by atoms with Crippen LogP contribution in [0.25, 0.3) is 11.3 Å². The topological polar surface area (TPSA) is 54.7 Å². The maximum atomic E-state index is 13.2. The summed E-state index contributed by atoms with van der Waals surface area (Å²) < 4.78 is 13.2. The van der Waals surface area contributed by atoms with E-state index in [4.69, 9.17) is 5.73 Å². The van der Waals surface area contributed by atoms with E-state index in [1.807, 2.05) is 6.07 Å². The van der Waals surface area contributed by atoms with Crippen LogP contribution in [-0.4, -0.2) is 10.2 Å². The molecule has 0 fully saturated rings. The second kappa shape index (κ2) is 3.14. The van der Waals surface area contributed by atoms with Gasteiger partial charge in [-0.15, -0.1) is 0 Å². The molecule has 0 spiro atoms. The third-order valence-corrected chi connectivity index (χ3v) is 2.08. The van der Waals surface area contributed by atoms with Crippen molar-refractivity contribution in [1.29, 1.82) is 0 Å². The fourth-order valence-electron chi connectivity index (χ4n) is 1.25. The molecule has 0 bridgehead atoms. The molecule has 0 aliphatic carbocycles. The van der Waals surface area contributed by atoms with Crippen LogP contribution < -0.4 is 5.73 Å². The summed E-state index contributed by atoms with van der Waals surface area (Å²) >= 11 is 0. The van der Waals surface area contributed by atoms with E-state index in [0.717, 1.165) is 11.3 Å². The second-order valence-corrected chi connectivity index (χ2v) is 3.17. The zero-order valence-corrected chi connectivity index (χ0v) is 7.71. The predicted molar refractivity (Wildman–Crippen MR) is 53.1 cm³/mol. The summed E-state index contributed by atoms with van der Waals surface area (Å²) in [5.74, 6) is 0.177. The number of rotatable bonds is 1. The molecule has 0 unspecified atom stereocenters. The lowest BCUT2D eigenvalue weighted by atomic mass is 10.1. The van der Waals surface area contributed by atoms with Gasteiger partial charge in [-0.3, -0.25) is 5.10 Å². The van der Waals surface area contributed by atoms with Crippen LogP contribution in [0.3, 0.4) is 0 Å². The Labute approximate surface area is 80.8 Å². The van der Waals surface area contributed by atoms with E-state index in [1.165, 1.54) is 6.07 Å². The quantitative estimate of drug-likeness (QED) is 0.725. The highest BCUT2D eigenvalue weighted by Gasteiger charge is 2.04. The first-order valence-electron chi connectivity index (χ1n) is 4.24. The van der Waals surface area contributed by atoms with Crippen LogP contribution in [-0.2, 0) is 0 Å². The van der Waals surface area contributed by atoms with Crippen LogP contribution in [0, 0.1) is 12.7 Å². The number of hydrogen-bond donors (Lipinski definition) is 2. The predicted octanol–water partition coefficient (Wildman–Crippen LogP) is 2.11. The van der Waals surface area contributed by atoms with Gasteiger partial charge in [-0.1, -0.05) is 12.1 Å². The third-order valence-electron chi connectivity index (χ3n) is 2.08.